The molecule has 1 aromatic rings. The van der Waals surface area contributed by atoms with E-state index >= 15 is 0 Å². The zero-order chi connectivity index (χ0) is 19.9. The van der Waals surface area contributed by atoms with Crippen molar-refractivity contribution < 1.29 is 27.4 Å². The average molecular weight is 385 g/mol. The van der Waals surface area contributed by atoms with E-state index < -0.39 is 24.0 Å². The SMILES string of the molecule is CCCOc1ccc(/C=C/C(=O)N[C@H]2CCCC[C@@H]2C(F)(F)F)cc1OC. The van der Waals surface area contributed by atoms with E-state index in [0.717, 1.165) is 6.42 Å². The van der Waals surface area contributed by atoms with Gasteiger partial charge in [0.15, 0.2) is 11.5 Å². The van der Waals surface area contributed by atoms with Crippen LogP contribution in [0.15, 0.2) is 24.3 Å². The monoisotopic (exact) mass is 385 g/mol. The number of alkyl halides is 3. The van der Waals surface area contributed by atoms with Gasteiger partial charge in [-0.05, 0) is 43.0 Å². The van der Waals surface area contributed by atoms with Crippen molar-refractivity contribution in [2.75, 3.05) is 13.7 Å². The number of methoxy groups -OCH3 is 1. The Morgan fingerprint density at radius 1 is 1.26 bits per heavy atom. The molecule has 1 aliphatic rings. The summed E-state index contributed by atoms with van der Waals surface area (Å²) in [5.74, 6) is -0.855. The van der Waals surface area contributed by atoms with Gasteiger partial charge in [0.05, 0.1) is 19.6 Å². The minimum Gasteiger partial charge on any atom is -0.493 e. The molecule has 4 nitrogen and oxygen atoms in total. The number of rotatable bonds is 7. The van der Waals surface area contributed by atoms with E-state index in [1.807, 2.05) is 6.92 Å². The molecule has 0 unspecified atom stereocenters. The van der Waals surface area contributed by atoms with Gasteiger partial charge in [0.25, 0.3) is 0 Å². The molecular weight excluding hydrogens is 359 g/mol. The van der Waals surface area contributed by atoms with Gasteiger partial charge >= 0.3 is 6.18 Å². The lowest BCUT2D eigenvalue weighted by atomic mass is 9.84. The highest BCUT2D eigenvalue weighted by molar-refractivity contribution is 5.92. The Hall–Kier alpha value is -2.18. The third-order valence-corrected chi connectivity index (χ3v) is 4.59. The number of amides is 1. The molecule has 2 rings (SSSR count). The third-order valence-electron chi connectivity index (χ3n) is 4.59. The first-order valence-electron chi connectivity index (χ1n) is 9.21. The lowest BCUT2D eigenvalue weighted by Gasteiger charge is -2.33. The largest absolute Gasteiger partial charge is 0.493 e. The molecule has 0 saturated heterocycles. The Morgan fingerprint density at radius 3 is 2.67 bits per heavy atom. The summed E-state index contributed by atoms with van der Waals surface area (Å²) in [6, 6.07) is 4.35. The molecule has 1 saturated carbocycles. The summed E-state index contributed by atoms with van der Waals surface area (Å²) in [5, 5.41) is 2.51. The van der Waals surface area contributed by atoms with Gasteiger partial charge < -0.3 is 14.8 Å². The van der Waals surface area contributed by atoms with Gasteiger partial charge in [0.2, 0.25) is 5.91 Å². The Balaban J connectivity index is 2.01. The molecule has 150 valence electrons. The molecule has 1 aliphatic carbocycles. The summed E-state index contributed by atoms with van der Waals surface area (Å²) in [5.41, 5.74) is 0.696. The second-order valence-corrected chi connectivity index (χ2v) is 6.64. The van der Waals surface area contributed by atoms with Crippen molar-refractivity contribution in [2.24, 2.45) is 5.92 Å². The van der Waals surface area contributed by atoms with E-state index in [2.05, 4.69) is 5.32 Å². The Morgan fingerprint density at radius 2 is 2.00 bits per heavy atom. The fourth-order valence-corrected chi connectivity index (χ4v) is 3.22. The van der Waals surface area contributed by atoms with Crippen molar-refractivity contribution in [3.8, 4) is 11.5 Å². The molecule has 1 N–H and O–H groups in total. The van der Waals surface area contributed by atoms with Crippen LogP contribution in [0, 0.1) is 5.92 Å². The summed E-state index contributed by atoms with van der Waals surface area (Å²) >= 11 is 0. The molecule has 0 spiro atoms. The maximum absolute atomic E-state index is 13.1. The Kier molecular flexibility index (Phi) is 7.56. The number of hydrogen-bond donors (Lipinski definition) is 1. The molecule has 7 heteroatoms. The van der Waals surface area contributed by atoms with Gasteiger partial charge in [-0.2, -0.15) is 13.2 Å². The van der Waals surface area contributed by atoms with E-state index in [1.165, 1.54) is 13.2 Å². The molecule has 0 aromatic heterocycles. The van der Waals surface area contributed by atoms with Gasteiger partial charge in [-0.15, -0.1) is 0 Å². The number of carbonyl (C=O) groups is 1. The van der Waals surface area contributed by atoms with Crippen molar-refractivity contribution in [3.05, 3.63) is 29.8 Å². The van der Waals surface area contributed by atoms with Gasteiger partial charge in [-0.25, -0.2) is 0 Å². The second-order valence-electron chi connectivity index (χ2n) is 6.64. The van der Waals surface area contributed by atoms with Crippen molar-refractivity contribution in [1.82, 2.24) is 5.32 Å². The number of carbonyl (C=O) groups excluding carboxylic acids is 1. The van der Waals surface area contributed by atoms with Crippen LogP contribution in [0.2, 0.25) is 0 Å². The first-order chi connectivity index (χ1) is 12.8. The maximum Gasteiger partial charge on any atom is 0.393 e. The number of ether oxygens (including phenoxy) is 2. The molecule has 1 amide bonds. The summed E-state index contributed by atoms with van der Waals surface area (Å²) in [6.45, 7) is 2.56. The number of nitrogens with one attached hydrogen (secondary N) is 1. The van der Waals surface area contributed by atoms with E-state index in [1.54, 1.807) is 24.3 Å². The van der Waals surface area contributed by atoms with Crippen LogP contribution in [0.1, 0.15) is 44.6 Å². The normalized spacial score (nSPS) is 20.5. The summed E-state index contributed by atoms with van der Waals surface area (Å²) < 4.78 is 50.2. The predicted octanol–water partition coefficient (Wildman–Crippen LogP) is 4.73. The molecule has 1 fully saturated rings. The molecule has 27 heavy (non-hydrogen) atoms. The molecular formula is C20H26F3NO3. The highest BCUT2D eigenvalue weighted by Crippen LogP contribution is 2.37. The van der Waals surface area contributed by atoms with Crippen LogP contribution in [0.25, 0.3) is 6.08 Å². The standard InChI is InChI=1S/C20H26F3NO3/c1-3-12-27-17-10-8-14(13-18(17)26-2)9-11-19(25)24-16-7-5-4-6-15(16)20(21,22)23/h8-11,13,15-16H,3-7,12H2,1-2H3,(H,24,25)/b11-9+/t15-,16-/m0/s1. The van der Waals surface area contributed by atoms with Gasteiger partial charge in [-0.1, -0.05) is 25.8 Å². The molecule has 0 aliphatic heterocycles. The van der Waals surface area contributed by atoms with Crippen LogP contribution in [-0.2, 0) is 4.79 Å². The van der Waals surface area contributed by atoms with Crippen molar-refractivity contribution in [1.29, 1.82) is 0 Å². The van der Waals surface area contributed by atoms with Crippen LogP contribution in [0.5, 0.6) is 11.5 Å². The smallest absolute Gasteiger partial charge is 0.393 e. The zero-order valence-electron chi connectivity index (χ0n) is 15.6. The predicted molar refractivity (Wildman–Crippen MR) is 97.8 cm³/mol. The lowest BCUT2D eigenvalue weighted by molar-refractivity contribution is -0.188. The van der Waals surface area contributed by atoms with Gasteiger partial charge in [0.1, 0.15) is 0 Å². The summed E-state index contributed by atoms with van der Waals surface area (Å²) in [7, 11) is 1.52. The first-order valence-corrected chi connectivity index (χ1v) is 9.21. The molecule has 0 heterocycles. The van der Waals surface area contributed by atoms with E-state index in [4.69, 9.17) is 9.47 Å². The average Bonchev–Trinajstić information content (AvgIpc) is 2.64. The minimum absolute atomic E-state index is 0.0641. The van der Waals surface area contributed by atoms with Crippen molar-refractivity contribution >= 4 is 12.0 Å². The van der Waals surface area contributed by atoms with E-state index in [-0.39, 0.29) is 6.42 Å². The highest BCUT2D eigenvalue weighted by Gasteiger charge is 2.45. The van der Waals surface area contributed by atoms with Crippen LogP contribution in [-0.4, -0.2) is 31.8 Å². The van der Waals surface area contributed by atoms with Crippen LogP contribution < -0.4 is 14.8 Å². The minimum atomic E-state index is -4.29. The van der Waals surface area contributed by atoms with Gasteiger partial charge in [-0.3, -0.25) is 4.79 Å². The van der Waals surface area contributed by atoms with Crippen LogP contribution in [0.4, 0.5) is 13.2 Å². The van der Waals surface area contributed by atoms with Gasteiger partial charge in [0, 0.05) is 12.1 Å². The lowest BCUT2D eigenvalue weighted by Crippen LogP contribution is -2.47. The molecule has 2 atom stereocenters. The number of halogens is 3. The maximum atomic E-state index is 13.1. The number of benzene rings is 1. The van der Waals surface area contributed by atoms with Crippen LogP contribution in [0.3, 0.4) is 0 Å². The summed E-state index contributed by atoms with van der Waals surface area (Å²) in [4.78, 5) is 12.1. The zero-order valence-corrected chi connectivity index (χ0v) is 15.6. The quantitative estimate of drug-likeness (QED) is 0.690. The first kappa shape index (κ1) is 21.1. The highest BCUT2D eigenvalue weighted by atomic mass is 19.4. The van der Waals surface area contributed by atoms with Crippen LogP contribution >= 0.6 is 0 Å². The second kappa shape index (κ2) is 9.67. The fraction of sp³-hybridized carbons (Fsp3) is 0.550. The van der Waals surface area contributed by atoms with E-state index in [0.29, 0.717) is 42.9 Å². The Bertz CT molecular complexity index is 658. The molecule has 0 bridgehead atoms. The molecule has 0 radical (unpaired) electrons. The van der Waals surface area contributed by atoms with Crippen molar-refractivity contribution in [2.45, 2.75) is 51.2 Å². The molecule has 1 aromatic carbocycles. The Labute approximate surface area is 157 Å². The van der Waals surface area contributed by atoms with Crippen molar-refractivity contribution in [3.63, 3.8) is 0 Å². The number of hydrogen-bond acceptors (Lipinski definition) is 3. The fourth-order valence-electron chi connectivity index (χ4n) is 3.22. The third kappa shape index (κ3) is 6.19. The van der Waals surface area contributed by atoms with E-state index in [9.17, 15) is 18.0 Å². The topological polar surface area (TPSA) is 47.6 Å². The summed E-state index contributed by atoms with van der Waals surface area (Å²) in [6.07, 6.45) is 1.02.